The van der Waals surface area contributed by atoms with E-state index < -0.39 is 0 Å². The minimum Gasteiger partial charge on any atom is -0.462 e. The molecule has 2 aromatic rings. The molecule has 0 radical (unpaired) electrons. The lowest BCUT2D eigenvalue weighted by atomic mass is 9.92. The number of hydrogen-bond donors (Lipinski definition) is 2. The highest BCUT2D eigenvalue weighted by molar-refractivity contribution is 7.17. The lowest BCUT2D eigenvalue weighted by molar-refractivity contribution is 0.0531. The molecule has 1 atom stereocenters. The molecular weight excluding hydrogens is 478 g/mol. The average Bonchev–Trinajstić information content (AvgIpc) is 3.24. The molecule has 2 fully saturated rings. The summed E-state index contributed by atoms with van der Waals surface area (Å²) in [6.07, 6.45) is 3.75. The first-order chi connectivity index (χ1) is 17.2. The minimum absolute atomic E-state index is 0.287. The number of nitrogens with one attached hydrogen (secondary N) is 1. The summed E-state index contributed by atoms with van der Waals surface area (Å²) < 4.78 is 5.16. The van der Waals surface area contributed by atoms with Crippen molar-refractivity contribution in [1.29, 1.82) is 0 Å². The highest BCUT2D eigenvalue weighted by Gasteiger charge is 2.27. The van der Waals surface area contributed by atoms with E-state index in [1.807, 2.05) is 6.92 Å². The van der Waals surface area contributed by atoms with Gasteiger partial charge >= 0.3 is 5.97 Å². The van der Waals surface area contributed by atoms with Crippen LogP contribution in [0.1, 0.15) is 54.9 Å². The van der Waals surface area contributed by atoms with Crippen LogP contribution in [0.2, 0.25) is 0 Å². The van der Waals surface area contributed by atoms with Crippen LogP contribution in [0, 0.1) is 12.8 Å². The van der Waals surface area contributed by atoms with E-state index in [1.165, 1.54) is 11.3 Å². The Labute approximate surface area is 217 Å². The molecule has 2 saturated heterocycles. The van der Waals surface area contributed by atoms with Gasteiger partial charge in [-0.05, 0) is 66.5 Å². The molecule has 0 amide bonds. The molecule has 0 aliphatic carbocycles. The number of aromatic nitrogens is 3. The number of nitrogens with zero attached hydrogens (tertiary/aromatic N) is 6. The molecule has 10 nitrogen and oxygen atoms in total. The predicted molar refractivity (Wildman–Crippen MR) is 144 cm³/mol. The zero-order chi connectivity index (χ0) is 25.8. The Morgan fingerprint density at radius 1 is 1.14 bits per heavy atom. The van der Waals surface area contributed by atoms with Gasteiger partial charge < -0.3 is 24.5 Å². The number of ether oxygens (including phenoxy) is 1. The monoisotopic (exact) mass is 517 g/mol. The van der Waals surface area contributed by atoms with Gasteiger partial charge in [0.05, 0.1) is 18.4 Å². The Balaban J connectivity index is 1.58. The number of aliphatic hydroxyl groups is 1. The van der Waals surface area contributed by atoms with Gasteiger partial charge in [0.2, 0.25) is 5.95 Å². The summed E-state index contributed by atoms with van der Waals surface area (Å²) in [5, 5.41) is 13.8. The number of anilines is 4. The number of aliphatic hydroxyl groups excluding tert-OH is 1. The van der Waals surface area contributed by atoms with Crippen molar-refractivity contribution >= 4 is 40.0 Å². The first-order valence-corrected chi connectivity index (χ1v) is 13.7. The minimum atomic E-state index is -0.361. The molecule has 2 aromatic heterocycles. The maximum absolute atomic E-state index is 12.3. The van der Waals surface area contributed by atoms with Crippen LogP contribution in [-0.2, 0) is 4.74 Å². The van der Waals surface area contributed by atoms with Crippen molar-refractivity contribution in [3.8, 4) is 0 Å². The van der Waals surface area contributed by atoms with Gasteiger partial charge in [-0.25, -0.2) is 9.78 Å². The Hall–Kier alpha value is -2.50. The van der Waals surface area contributed by atoms with E-state index in [4.69, 9.17) is 14.7 Å². The van der Waals surface area contributed by atoms with Gasteiger partial charge in [0.25, 0.3) is 0 Å². The second kappa shape index (κ2) is 11.7. The number of aryl methyl sites for hydroxylation is 1. The predicted octanol–water partition coefficient (Wildman–Crippen LogP) is 3.29. The number of rotatable bonds is 8. The van der Waals surface area contributed by atoms with Crippen molar-refractivity contribution in [2.24, 2.45) is 5.92 Å². The Kier molecular flexibility index (Phi) is 8.63. The zero-order valence-electron chi connectivity index (χ0n) is 22.0. The fourth-order valence-electron chi connectivity index (χ4n) is 4.96. The lowest BCUT2D eigenvalue weighted by Crippen LogP contribution is -2.42. The molecule has 2 N–H and O–H groups in total. The van der Waals surface area contributed by atoms with Crippen LogP contribution in [0.25, 0.3) is 0 Å². The van der Waals surface area contributed by atoms with Gasteiger partial charge in [-0.2, -0.15) is 9.97 Å². The summed E-state index contributed by atoms with van der Waals surface area (Å²) in [7, 11) is 4.28. The topological polar surface area (TPSA) is 107 Å². The summed E-state index contributed by atoms with van der Waals surface area (Å²) in [6.45, 7) is 9.36. The van der Waals surface area contributed by atoms with E-state index in [0.717, 1.165) is 63.5 Å². The van der Waals surface area contributed by atoms with Crippen molar-refractivity contribution in [3.05, 3.63) is 16.6 Å². The second-order valence-electron chi connectivity index (χ2n) is 9.93. The van der Waals surface area contributed by atoms with Crippen LogP contribution in [0.5, 0.6) is 0 Å². The molecule has 2 aliphatic heterocycles. The SMILES string of the molecule is CCOC(=O)c1sc(Nc2nc(N3CCC(C(C)O)CC3)cc(N3CCC(N(C)C)CC3)n2)nc1C. The molecule has 4 rings (SSSR count). The van der Waals surface area contributed by atoms with Gasteiger partial charge in [0, 0.05) is 38.3 Å². The molecule has 198 valence electrons. The third kappa shape index (κ3) is 6.24. The molecule has 36 heavy (non-hydrogen) atoms. The fraction of sp³-hybridized carbons (Fsp3) is 0.680. The Morgan fingerprint density at radius 3 is 2.25 bits per heavy atom. The summed E-state index contributed by atoms with van der Waals surface area (Å²) >= 11 is 1.25. The van der Waals surface area contributed by atoms with E-state index in [2.05, 4.69) is 45.2 Å². The number of esters is 1. The van der Waals surface area contributed by atoms with Crippen LogP contribution in [-0.4, -0.2) is 90.0 Å². The summed E-state index contributed by atoms with van der Waals surface area (Å²) in [5.41, 5.74) is 0.628. The van der Waals surface area contributed by atoms with Crippen molar-refractivity contribution in [3.63, 3.8) is 0 Å². The Morgan fingerprint density at radius 2 is 1.72 bits per heavy atom. The second-order valence-corrected chi connectivity index (χ2v) is 10.9. The molecular formula is C25H39N7O3S. The maximum atomic E-state index is 12.3. The van der Waals surface area contributed by atoms with E-state index in [0.29, 0.717) is 40.2 Å². The first-order valence-electron chi connectivity index (χ1n) is 12.9. The molecule has 2 aliphatic rings. The zero-order valence-corrected chi connectivity index (χ0v) is 22.8. The number of piperidine rings is 2. The van der Waals surface area contributed by atoms with Crippen LogP contribution >= 0.6 is 11.3 Å². The molecule has 0 saturated carbocycles. The van der Waals surface area contributed by atoms with Gasteiger partial charge in [-0.15, -0.1) is 0 Å². The van der Waals surface area contributed by atoms with E-state index in [1.54, 1.807) is 13.8 Å². The van der Waals surface area contributed by atoms with Crippen LogP contribution in [0.3, 0.4) is 0 Å². The van der Waals surface area contributed by atoms with Crippen LogP contribution in [0.4, 0.5) is 22.7 Å². The highest BCUT2D eigenvalue weighted by Crippen LogP contribution is 2.31. The summed E-state index contributed by atoms with van der Waals surface area (Å²) in [5.74, 6) is 2.21. The van der Waals surface area contributed by atoms with Crippen LogP contribution in [0.15, 0.2) is 6.07 Å². The molecule has 0 spiro atoms. The normalized spacial score (nSPS) is 18.5. The van der Waals surface area contributed by atoms with Crippen molar-refractivity contribution in [2.45, 2.75) is 58.6 Å². The third-order valence-electron chi connectivity index (χ3n) is 7.24. The first kappa shape index (κ1) is 26.6. The lowest BCUT2D eigenvalue weighted by Gasteiger charge is -2.37. The number of carbonyl (C=O) groups is 1. The van der Waals surface area contributed by atoms with Crippen molar-refractivity contribution < 1.29 is 14.6 Å². The van der Waals surface area contributed by atoms with Crippen LogP contribution < -0.4 is 15.1 Å². The number of thiazole rings is 1. The standard InChI is InChI=1S/C25H39N7O3S/c1-6-35-23(34)22-16(2)26-25(36-22)29-24-27-20(31-11-7-18(8-12-31)17(3)33)15-21(28-24)32-13-9-19(10-14-32)30(4)5/h15,17-19,33H,6-14H2,1-5H3,(H,26,27,28,29). The number of hydrogen-bond acceptors (Lipinski definition) is 11. The largest absolute Gasteiger partial charge is 0.462 e. The van der Waals surface area contributed by atoms with E-state index in [-0.39, 0.29) is 12.1 Å². The maximum Gasteiger partial charge on any atom is 0.350 e. The summed E-state index contributed by atoms with van der Waals surface area (Å²) in [6, 6.07) is 2.67. The molecule has 1 unspecified atom stereocenters. The molecule has 0 bridgehead atoms. The molecule has 4 heterocycles. The Bertz CT molecular complexity index is 982. The van der Waals surface area contributed by atoms with E-state index >= 15 is 0 Å². The van der Waals surface area contributed by atoms with Gasteiger partial charge in [0.1, 0.15) is 16.5 Å². The molecule has 11 heteroatoms. The smallest absolute Gasteiger partial charge is 0.350 e. The summed E-state index contributed by atoms with van der Waals surface area (Å²) in [4.78, 5) is 33.9. The molecule has 0 aromatic carbocycles. The van der Waals surface area contributed by atoms with Crippen molar-refractivity contribution in [2.75, 3.05) is 62.0 Å². The van der Waals surface area contributed by atoms with Gasteiger partial charge in [-0.3, -0.25) is 5.32 Å². The highest BCUT2D eigenvalue weighted by atomic mass is 32.1. The van der Waals surface area contributed by atoms with E-state index in [9.17, 15) is 9.90 Å². The van der Waals surface area contributed by atoms with Crippen molar-refractivity contribution in [1.82, 2.24) is 19.9 Å². The quantitative estimate of drug-likeness (QED) is 0.507. The van der Waals surface area contributed by atoms with Gasteiger partial charge in [-0.1, -0.05) is 11.3 Å². The number of carbonyl (C=O) groups excluding carboxylic acids is 1. The third-order valence-corrected chi connectivity index (χ3v) is 8.29. The fourth-order valence-corrected chi connectivity index (χ4v) is 5.81. The van der Waals surface area contributed by atoms with Gasteiger partial charge in [0.15, 0.2) is 5.13 Å². The average molecular weight is 518 g/mol.